The van der Waals surface area contributed by atoms with E-state index in [1.807, 2.05) is 48.5 Å². The van der Waals surface area contributed by atoms with Gasteiger partial charge in [0.05, 0.1) is 10.0 Å². The van der Waals surface area contributed by atoms with Crippen LogP contribution in [0.2, 0.25) is 10.0 Å². The maximum Gasteiger partial charge on any atom is 0.0563 e. The average Bonchev–Trinajstić information content (AvgIpc) is 2.36. The Morgan fingerprint density at radius 1 is 0.450 bits per heavy atom. The van der Waals surface area contributed by atoms with Crippen LogP contribution in [-0.4, -0.2) is 0 Å². The second-order valence-corrected chi connectivity index (χ2v) is 4.48. The average molecular weight is 393 g/mol. The second-order valence-electron chi connectivity index (χ2n) is 3.72. The van der Waals surface area contributed by atoms with Crippen molar-refractivity contribution in [1.82, 2.24) is 0 Å². The molecule has 0 nitrogen and oxygen atoms in total. The highest BCUT2D eigenvalue weighted by Gasteiger charge is 2.09. The van der Waals surface area contributed by atoms with Gasteiger partial charge >= 0.3 is 0 Å². The maximum absolute atomic E-state index is 6.39. The van der Waals surface area contributed by atoms with Gasteiger partial charge < -0.3 is 0 Å². The molecule has 3 aromatic rings. The second kappa shape index (κ2) is 9.04. The molecule has 0 aliphatic rings. The first kappa shape index (κ1) is 22.2. The minimum absolute atomic E-state index is 0. The Morgan fingerprint density at radius 2 is 0.650 bits per heavy atom. The van der Waals surface area contributed by atoms with E-state index in [0.717, 1.165) is 31.6 Å². The molecule has 3 rings (SSSR count). The summed E-state index contributed by atoms with van der Waals surface area (Å²) in [5.74, 6) is 0. The van der Waals surface area contributed by atoms with Crippen LogP contribution in [0.25, 0.3) is 21.5 Å². The number of hydrogen-bond acceptors (Lipinski definition) is 0. The normalized spacial score (nSPS) is 8.90. The summed E-state index contributed by atoms with van der Waals surface area (Å²) in [5.41, 5.74) is 0. The molecule has 3 aromatic carbocycles. The van der Waals surface area contributed by atoms with Crippen LogP contribution in [0.5, 0.6) is 0 Å². The smallest absolute Gasteiger partial charge is 0.0563 e. The standard InChI is InChI=1S/C14H8Cl2.4ClH/c15-13-9-5-1-2-6-10(9)14(16)12-8-4-3-7-11(12)13;;;;/h1-8H;4*1H. The Hall–Kier alpha value is -0.0800. The van der Waals surface area contributed by atoms with Gasteiger partial charge in [-0.3, -0.25) is 0 Å². The van der Waals surface area contributed by atoms with Crippen LogP contribution in [-0.2, 0) is 0 Å². The lowest BCUT2D eigenvalue weighted by atomic mass is 10.0. The Labute approximate surface area is 152 Å². The highest BCUT2D eigenvalue weighted by molar-refractivity contribution is 6.47. The van der Waals surface area contributed by atoms with E-state index in [4.69, 9.17) is 23.2 Å². The minimum Gasteiger partial charge on any atom is -0.147 e. The summed E-state index contributed by atoms with van der Waals surface area (Å²) < 4.78 is 0. The largest absolute Gasteiger partial charge is 0.147 e. The van der Waals surface area contributed by atoms with E-state index in [1.54, 1.807) is 0 Å². The molecule has 110 valence electrons. The van der Waals surface area contributed by atoms with Gasteiger partial charge in [0.1, 0.15) is 0 Å². The molecule has 0 amide bonds. The third-order valence-corrected chi connectivity index (χ3v) is 3.61. The fraction of sp³-hybridized carbons (Fsp3) is 0. The minimum atomic E-state index is 0. The van der Waals surface area contributed by atoms with Crippen molar-refractivity contribution < 1.29 is 0 Å². The zero-order chi connectivity index (χ0) is 11.1. The van der Waals surface area contributed by atoms with Crippen molar-refractivity contribution in [3.05, 3.63) is 58.6 Å². The molecule has 0 saturated carbocycles. The summed E-state index contributed by atoms with van der Waals surface area (Å²) in [6, 6.07) is 15.9. The topological polar surface area (TPSA) is 0 Å². The maximum atomic E-state index is 6.39. The van der Waals surface area contributed by atoms with Gasteiger partial charge in [0.25, 0.3) is 0 Å². The lowest BCUT2D eigenvalue weighted by Gasteiger charge is -2.08. The SMILES string of the molecule is Cl.Cl.Cl.Cl.Clc1c2ccccc2c(Cl)c2ccccc12. The van der Waals surface area contributed by atoms with E-state index in [-0.39, 0.29) is 49.6 Å². The van der Waals surface area contributed by atoms with Crippen molar-refractivity contribution in [2.45, 2.75) is 0 Å². The number of hydrogen-bond donors (Lipinski definition) is 0. The summed E-state index contributed by atoms with van der Waals surface area (Å²) >= 11 is 12.8. The molecule has 0 radical (unpaired) electrons. The Balaban J connectivity index is 0. The quantitative estimate of drug-likeness (QED) is 0.362. The van der Waals surface area contributed by atoms with Crippen molar-refractivity contribution in [2.24, 2.45) is 0 Å². The monoisotopic (exact) mass is 390 g/mol. The zero-order valence-corrected chi connectivity index (χ0v) is 14.8. The van der Waals surface area contributed by atoms with Crippen LogP contribution in [0.1, 0.15) is 0 Å². The molecule has 0 bridgehead atoms. The van der Waals surface area contributed by atoms with Gasteiger partial charge in [-0.15, -0.1) is 49.6 Å². The molecule has 0 atom stereocenters. The third-order valence-electron chi connectivity index (χ3n) is 2.80. The first-order valence-electron chi connectivity index (χ1n) is 5.03. The van der Waals surface area contributed by atoms with Gasteiger partial charge in [-0.2, -0.15) is 0 Å². The summed E-state index contributed by atoms with van der Waals surface area (Å²) in [7, 11) is 0. The number of benzene rings is 3. The zero-order valence-electron chi connectivity index (χ0n) is 10.0. The highest BCUT2D eigenvalue weighted by Crippen LogP contribution is 2.38. The van der Waals surface area contributed by atoms with Gasteiger partial charge in [0, 0.05) is 21.5 Å². The van der Waals surface area contributed by atoms with Crippen LogP contribution >= 0.6 is 72.8 Å². The first-order chi connectivity index (χ1) is 7.79. The van der Waals surface area contributed by atoms with Gasteiger partial charge in [-0.25, -0.2) is 0 Å². The molecule has 0 aliphatic heterocycles. The molecular formula is C14H12Cl6. The van der Waals surface area contributed by atoms with E-state index in [9.17, 15) is 0 Å². The van der Waals surface area contributed by atoms with E-state index >= 15 is 0 Å². The third kappa shape index (κ3) is 3.57. The van der Waals surface area contributed by atoms with Crippen LogP contribution in [0.3, 0.4) is 0 Å². The molecule has 0 heterocycles. The van der Waals surface area contributed by atoms with E-state index < -0.39 is 0 Å². The molecular weight excluding hydrogens is 381 g/mol. The van der Waals surface area contributed by atoms with Gasteiger partial charge in [-0.1, -0.05) is 71.7 Å². The van der Waals surface area contributed by atoms with Gasteiger partial charge in [0.15, 0.2) is 0 Å². The molecule has 20 heavy (non-hydrogen) atoms. The first-order valence-corrected chi connectivity index (χ1v) is 5.79. The summed E-state index contributed by atoms with van der Waals surface area (Å²) in [5, 5.41) is 5.58. The van der Waals surface area contributed by atoms with Crippen molar-refractivity contribution in [3.8, 4) is 0 Å². The highest BCUT2D eigenvalue weighted by atomic mass is 35.5. The van der Waals surface area contributed by atoms with Crippen molar-refractivity contribution in [3.63, 3.8) is 0 Å². The summed E-state index contributed by atoms with van der Waals surface area (Å²) in [6.07, 6.45) is 0. The lowest BCUT2D eigenvalue weighted by Crippen LogP contribution is -1.81. The Kier molecular flexibility index (Phi) is 10.0. The van der Waals surface area contributed by atoms with Crippen molar-refractivity contribution in [2.75, 3.05) is 0 Å². The van der Waals surface area contributed by atoms with Crippen LogP contribution < -0.4 is 0 Å². The fourth-order valence-electron chi connectivity index (χ4n) is 2.02. The number of halogens is 6. The Morgan fingerprint density at radius 3 is 0.850 bits per heavy atom. The lowest BCUT2D eigenvalue weighted by molar-refractivity contribution is 1.76. The molecule has 0 N–H and O–H groups in total. The predicted molar refractivity (Wildman–Crippen MR) is 100 cm³/mol. The Bertz CT molecular complexity index is 579. The van der Waals surface area contributed by atoms with Crippen molar-refractivity contribution in [1.29, 1.82) is 0 Å². The molecule has 6 heteroatoms. The molecule has 0 aromatic heterocycles. The molecule has 0 fully saturated rings. The van der Waals surface area contributed by atoms with Gasteiger partial charge in [0.2, 0.25) is 0 Å². The van der Waals surface area contributed by atoms with Crippen molar-refractivity contribution >= 4 is 94.4 Å². The number of rotatable bonds is 0. The predicted octanol–water partition coefficient (Wildman–Crippen LogP) is 6.99. The molecule has 0 saturated heterocycles. The summed E-state index contributed by atoms with van der Waals surface area (Å²) in [6.45, 7) is 0. The number of fused-ring (bicyclic) bond motifs is 2. The molecule has 0 aliphatic carbocycles. The summed E-state index contributed by atoms with van der Waals surface area (Å²) in [4.78, 5) is 0. The van der Waals surface area contributed by atoms with Crippen LogP contribution in [0.4, 0.5) is 0 Å². The van der Waals surface area contributed by atoms with E-state index in [0.29, 0.717) is 0 Å². The van der Waals surface area contributed by atoms with E-state index in [2.05, 4.69) is 0 Å². The van der Waals surface area contributed by atoms with Crippen LogP contribution in [0, 0.1) is 0 Å². The molecule has 0 spiro atoms. The fourth-order valence-corrected chi connectivity index (χ4v) is 2.68. The van der Waals surface area contributed by atoms with Gasteiger partial charge in [-0.05, 0) is 0 Å². The van der Waals surface area contributed by atoms with Crippen LogP contribution in [0.15, 0.2) is 48.5 Å². The van der Waals surface area contributed by atoms with E-state index in [1.165, 1.54) is 0 Å². The molecule has 0 unspecified atom stereocenters.